The van der Waals surface area contributed by atoms with Crippen LogP contribution in [0.1, 0.15) is 0 Å². The Kier molecular flexibility index (Phi) is 3.14. The van der Waals surface area contributed by atoms with E-state index in [9.17, 15) is 0 Å². The number of ether oxygens (including phenoxy) is 1. The third-order valence-electron chi connectivity index (χ3n) is 2.07. The minimum Gasteiger partial charge on any atom is -0.364 e. The van der Waals surface area contributed by atoms with Gasteiger partial charge in [0.1, 0.15) is 6.73 Å². The molecule has 4 heteroatoms. The molecule has 0 radical (unpaired) electrons. The van der Waals surface area contributed by atoms with E-state index in [1.165, 1.54) is 14.6 Å². The first kappa shape index (κ1) is 10.4. The number of methoxy groups -OCH3 is 1. The maximum atomic E-state index is 5.15. The van der Waals surface area contributed by atoms with Crippen LogP contribution in [0.15, 0.2) is 28.7 Å². The predicted molar refractivity (Wildman–Crippen MR) is 69.4 cm³/mol. The zero-order chi connectivity index (χ0) is 10.1. The molecule has 0 N–H and O–H groups in total. The summed E-state index contributed by atoms with van der Waals surface area (Å²) in [6.07, 6.45) is 0. The van der Waals surface area contributed by atoms with Gasteiger partial charge in [0.05, 0.1) is 9.22 Å². The fourth-order valence-corrected chi connectivity index (χ4v) is 2.58. The van der Waals surface area contributed by atoms with Crippen molar-refractivity contribution in [3.8, 4) is 0 Å². The molecule has 0 aliphatic rings. The van der Waals surface area contributed by atoms with Crippen molar-refractivity contribution in [1.82, 2.24) is 4.57 Å². The molecule has 0 amide bonds. The van der Waals surface area contributed by atoms with Crippen LogP contribution in [0.3, 0.4) is 0 Å². The average molecular weight is 366 g/mol. The standard InChI is InChI=1S/C10H9BrINO/c1-14-6-13-9-3-2-8(11)4-7(9)5-10(13)12/h2-5H,6H2,1H3. The average Bonchev–Trinajstić information content (AvgIpc) is 2.43. The number of hydrogen-bond acceptors (Lipinski definition) is 1. The van der Waals surface area contributed by atoms with Crippen molar-refractivity contribution in [2.24, 2.45) is 0 Å². The van der Waals surface area contributed by atoms with E-state index in [-0.39, 0.29) is 0 Å². The number of hydrogen-bond donors (Lipinski definition) is 0. The van der Waals surface area contributed by atoms with Crippen molar-refractivity contribution in [2.75, 3.05) is 7.11 Å². The lowest BCUT2D eigenvalue weighted by Gasteiger charge is -2.04. The summed E-state index contributed by atoms with van der Waals surface area (Å²) in [5, 5.41) is 1.24. The maximum Gasteiger partial charge on any atom is 0.123 e. The number of benzene rings is 1. The fraction of sp³-hybridized carbons (Fsp3) is 0.200. The smallest absolute Gasteiger partial charge is 0.123 e. The quantitative estimate of drug-likeness (QED) is 0.741. The Labute approximate surface area is 105 Å². The molecular weight excluding hydrogens is 357 g/mol. The number of nitrogens with zero attached hydrogens (tertiary/aromatic N) is 1. The second-order valence-electron chi connectivity index (χ2n) is 3.02. The SMILES string of the molecule is COCn1c(I)cc2cc(Br)ccc21. The Morgan fingerprint density at radius 2 is 2.21 bits per heavy atom. The number of rotatable bonds is 2. The summed E-state index contributed by atoms with van der Waals surface area (Å²) >= 11 is 5.78. The molecule has 2 rings (SSSR count). The number of fused-ring (bicyclic) bond motifs is 1. The molecule has 0 spiro atoms. The van der Waals surface area contributed by atoms with Gasteiger partial charge in [0, 0.05) is 17.0 Å². The van der Waals surface area contributed by atoms with Crippen LogP contribution in [0.2, 0.25) is 0 Å². The molecule has 0 aliphatic carbocycles. The maximum absolute atomic E-state index is 5.15. The minimum atomic E-state index is 0.601. The van der Waals surface area contributed by atoms with Crippen LogP contribution in [0.25, 0.3) is 10.9 Å². The zero-order valence-corrected chi connectivity index (χ0v) is 11.4. The molecule has 1 aromatic carbocycles. The van der Waals surface area contributed by atoms with E-state index in [2.05, 4.69) is 61.3 Å². The van der Waals surface area contributed by atoms with Gasteiger partial charge in [-0.15, -0.1) is 0 Å². The van der Waals surface area contributed by atoms with E-state index in [1.54, 1.807) is 7.11 Å². The summed E-state index contributed by atoms with van der Waals surface area (Å²) in [5.41, 5.74) is 1.21. The molecule has 2 aromatic rings. The van der Waals surface area contributed by atoms with E-state index in [0.717, 1.165) is 4.47 Å². The first-order valence-electron chi connectivity index (χ1n) is 4.15. The monoisotopic (exact) mass is 365 g/mol. The number of aromatic nitrogens is 1. The molecule has 0 fully saturated rings. The van der Waals surface area contributed by atoms with E-state index in [0.29, 0.717) is 6.73 Å². The topological polar surface area (TPSA) is 14.2 Å². The summed E-state index contributed by atoms with van der Waals surface area (Å²) < 4.78 is 9.59. The Morgan fingerprint density at radius 1 is 1.43 bits per heavy atom. The molecule has 74 valence electrons. The third kappa shape index (κ3) is 1.83. The molecule has 1 heterocycles. The van der Waals surface area contributed by atoms with Gasteiger partial charge >= 0.3 is 0 Å². The molecular formula is C10H9BrINO. The summed E-state index contributed by atoms with van der Waals surface area (Å²) in [4.78, 5) is 0. The molecule has 1 aromatic heterocycles. The van der Waals surface area contributed by atoms with Crippen molar-refractivity contribution in [1.29, 1.82) is 0 Å². The van der Waals surface area contributed by atoms with Crippen LogP contribution in [-0.4, -0.2) is 11.7 Å². The highest BCUT2D eigenvalue weighted by molar-refractivity contribution is 14.1. The molecule has 0 saturated heterocycles. The lowest BCUT2D eigenvalue weighted by atomic mass is 10.2. The molecule has 0 atom stereocenters. The third-order valence-corrected chi connectivity index (χ3v) is 3.46. The van der Waals surface area contributed by atoms with Gasteiger partial charge in [-0.3, -0.25) is 0 Å². The van der Waals surface area contributed by atoms with Crippen LogP contribution in [0, 0.1) is 3.70 Å². The van der Waals surface area contributed by atoms with Crippen molar-refractivity contribution >= 4 is 49.4 Å². The number of halogens is 2. The Hall–Kier alpha value is -0.0700. The van der Waals surface area contributed by atoms with Crippen LogP contribution in [0.5, 0.6) is 0 Å². The first-order chi connectivity index (χ1) is 6.72. The Balaban J connectivity index is 2.64. The lowest BCUT2D eigenvalue weighted by molar-refractivity contribution is 0.133. The second kappa shape index (κ2) is 4.20. The normalized spacial score (nSPS) is 11.1. The molecule has 0 saturated carbocycles. The highest BCUT2D eigenvalue weighted by Crippen LogP contribution is 2.24. The summed E-state index contributed by atoms with van der Waals surface area (Å²) in [7, 11) is 1.71. The fourth-order valence-electron chi connectivity index (χ4n) is 1.47. The Morgan fingerprint density at radius 3 is 2.93 bits per heavy atom. The van der Waals surface area contributed by atoms with Crippen molar-refractivity contribution < 1.29 is 4.74 Å². The van der Waals surface area contributed by atoms with Gasteiger partial charge in [-0.2, -0.15) is 0 Å². The van der Waals surface area contributed by atoms with Crippen molar-refractivity contribution in [3.63, 3.8) is 0 Å². The molecule has 2 nitrogen and oxygen atoms in total. The van der Waals surface area contributed by atoms with Crippen LogP contribution in [-0.2, 0) is 11.5 Å². The van der Waals surface area contributed by atoms with E-state index >= 15 is 0 Å². The van der Waals surface area contributed by atoms with Crippen molar-refractivity contribution in [2.45, 2.75) is 6.73 Å². The summed E-state index contributed by atoms with van der Waals surface area (Å²) in [5.74, 6) is 0. The molecule has 0 aliphatic heterocycles. The second-order valence-corrected chi connectivity index (χ2v) is 5.04. The Bertz CT molecular complexity index is 466. The zero-order valence-electron chi connectivity index (χ0n) is 7.63. The van der Waals surface area contributed by atoms with Gasteiger partial charge in [0.25, 0.3) is 0 Å². The summed E-state index contributed by atoms with van der Waals surface area (Å²) in [6.45, 7) is 0.601. The highest BCUT2D eigenvalue weighted by Gasteiger charge is 2.05. The first-order valence-corrected chi connectivity index (χ1v) is 6.03. The van der Waals surface area contributed by atoms with Crippen LogP contribution < -0.4 is 0 Å². The lowest BCUT2D eigenvalue weighted by Crippen LogP contribution is -2.00. The predicted octanol–water partition coefficient (Wildman–Crippen LogP) is 3.61. The van der Waals surface area contributed by atoms with Gasteiger partial charge in [0.2, 0.25) is 0 Å². The van der Waals surface area contributed by atoms with Gasteiger partial charge in [-0.25, -0.2) is 0 Å². The van der Waals surface area contributed by atoms with Gasteiger partial charge in [-0.1, -0.05) is 15.9 Å². The van der Waals surface area contributed by atoms with Crippen LogP contribution >= 0.6 is 38.5 Å². The highest BCUT2D eigenvalue weighted by atomic mass is 127. The molecule has 0 bridgehead atoms. The minimum absolute atomic E-state index is 0.601. The van der Waals surface area contributed by atoms with E-state index in [4.69, 9.17) is 4.74 Å². The van der Waals surface area contributed by atoms with Gasteiger partial charge in [0.15, 0.2) is 0 Å². The van der Waals surface area contributed by atoms with Gasteiger partial charge in [-0.05, 0) is 46.9 Å². The van der Waals surface area contributed by atoms with Gasteiger partial charge < -0.3 is 9.30 Å². The largest absolute Gasteiger partial charge is 0.364 e. The summed E-state index contributed by atoms with van der Waals surface area (Å²) in [6, 6.07) is 8.41. The molecule has 14 heavy (non-hydrogen) atoms. The van der Waals surface area contributed by atoms with E-state index in [1.807, 2.05) is 6.07 Å². The molecule has 0 unspecified atom stereocenters. The van der Waals surface area contributed by atoms with Crippen LogP contribution in [0.4, 0.5) is 0 Å². The van der Waals surface area contributed by atoms with E-state index < -0.39 is 0 Å². The van der Waals surface area contributed by atoms with Crippen molar-refractivity contribution in [3.05, 3.63) is 32.4 Å².